The Balaban J connectivity index is 0.814. The number of hydrogen-bond acceptors (Lipinski definition) is 16. The Bertz CT molecular complexity index is 3790. The van der Waals surface area contributed by atoms with Gasteiger partial charge in [-0.1, -0.05) is 85.3 Å². The van der Waals surface area contributed by atoms with E-state index in [0.717, 1.165) is 89.5 Å². The predicted octanol–water partition coefficient (Wildman–Crippen LogP) is 11.2. The first kappa shape index (κ1) is 74.0. The molecular formula is C72H90F2N5O16P. The minimum Gasteiger partial charge on any atom is -0.438 e. The molecule has 1 aromatic heterocycles. The van der Waals surface area contributed by atoms with Crippen molar-refractivity contribution in [2.75, 3.05) is 31.7 Å². The number of nitrogens with one attached hydrogen (secondary N) is 1. The summed E-state index contributed by atoms with van der Waals surface area (Å²) in [7, 11) is -3.86. The highest BCUT2D eigenvalue weighted by atomic mass is 31.2. The van der Waals surface area contributed by atoms with Crippen LogP contribution in [0, 0.1) is 16.7 Å². The molecule has 518 valence electrons. The molecule has 4 aromatic carbocycles. The number of rotatable bonds is 32. The van der Waals surface area contributed by atoms with Crippen molar-refractivity contribution >= 4 is 76.9 Å². The number of anilines is 1. The van der Waals surface area contributed by atoms with Crippen molar-refractivity contribution in [2.24, 2.45) is 29.5 Å². The number of unbranched alkanes of at least 4 members (excludes halogenated alkanes) is 2. The number of nitrogens with two attached hydrogens (primary N) is 1. The maximum Gasteiger partial charge on any atom is 0.410 e. The number of aromatic nitrogens is 2. The van der Waals surface area contributed by atoms with Gasteiger partial charge in [-0.3, -0.25) is 66.0 Å². The molecule has 2 aliphatic heterocycles. The monoisotopic (exact) mass is 1350 g/mol. The molecule has 8 rings (SSSR count). The van der Waals surface area contributed by atoms with Crippen LogP contribution in [-0.2, 0) is 116 Å². The Morgan fingerprint density at radius 3 is 2.05 bits per heavy atom. The number of allylic oxidation sites excluding steroid dienone is 2. The lowest BCUT2D eigenvalue weighted by atomic mass is 9.92. The number of esters is 2. The number of aryl methyl sites for hydroxylation is 4. The minimum absolute atomic E-state index is 0.0420. The van der Waals surface area contributed by atoms with Crippen molar-refractivity contribution in [2.45, 2.75) is 188 Å². The molecule has 0 spiro atoms. The number of halogens is 2. The fourth-order valence-electron chi connectivity index (χ4n) is 12.2. The molecule has 0 radical (unpaired) electrons. The van der Waals surface area contributed by atoms with E-state index in [0.29, 0.717) is 55.7 Å². The molecule has 5 atom stereocenters. The van der Waals surface area contributed by atoms with Gasteiger partial charge in [0.15, 0.2) is 11.6 Å². The van der Waals surface area contributed by atoms with Gasteiger partial charge in [0.25, 0.3) is 0 Å². The number of ether oxygens (including phenoxy) is 4. The first-order valence-electron chi connectivity index (χ1n) is 32.8. The summed E-state index contributed by atoms with van der Waals surface area (Å²) < 4.78 is 81.8. The lowest BCUT2D eigenvalue weighted by Gasteiger charge is -2.31. The number of imidazole rings is 1. The number of carbonyl (C=O) groups excluding carboxylic acids is 8. The van der Waals surface area contributed by atoms with E-state index in [-0.39, 0.29) is 56.0 Å². The van der Waals surface area contributed by atoms with Crippen LogP contribution in [0.4, 0.5) is 14.5 Å². The summed E-state index contributed by atoms with van der Waals surface area (Å²) >= 11 is 0. The number of hydrogen-bond donors (Lipinski definition) is 2. The van der Waals surface area contributed by atoms with E-state index < -0.39 is 109 Å². The smallest absolute Gasteiger partial charge is 0.410 e. The molecular weight excluding hydrogens is 1260 g/mol. The van der Waals surface area contributed by atoms with Crippen molar-refractivity contribution in [1.29, 1.82) is 0 Å². The number of carbonyl (C=O) groups is 8. The maximum atomic E-state index is 16.3. The Labute approximate surface area is 558 Å². The number of Topliss-reactive ketones (excluding diaryl/α,β-unsaturated/α-hetero) is 2. The van der Waals surface area contributed by atoms with Gasteiger partial charge < -0.3 is 30.0 Å². The summed E-state index contributed by atoms with van der Waals surface area (Å²) in [6, 6.07) is 21.7. The Hall–Kier alpha value is -7.82. The number of benzene rings is 4. The normalized spacial score (nSPS) is 17.7. The molecule has 3 N–H and O–H groups in total. The van der Waals surface area contributed by atoms with Gasteiger partial charge in [-0.2, -0.15) is 8.78 Å². The van der Waals surface area contributed by atoms with Crippen LogP contribution in [0.1, 0.15) is 171 Å². The van der Waals surface area contributed by atoms with Gasteiger partial charge in [-0.15, -0.1) is 0 Å². The topological polar surface area (TPSA) is 277 Å². The summed E-state index contributed by atoms with van der Waals surface area (Å²) in [5.41, 5.74) is 5.66. The van der Waals surface area contributed by atoms with Gasteiger partial charge in [0, 0.05) is 57.4 Å². The molecule has 3 aliphatic rings. The van der Waals surface area contributed by atoms with Gasteiger partial charge in [-0.25, -0.2) is 4.79 Å². The zero-order valence-corrected chi connectivity index (χ0v) is 57.2. The van der Waals surface area contributed by atoms with Gasteiger partial charge in [-0.05, 0) is 164 Å². The molecule has 0 bridgehead atoms. The molecule has 1 fully saturated rings. The zero-order chi connectivity index (χ0) is 69.9. The Morgan fingerprint density at radius 2 is 1.41 bits per heavy atom. The number of nitrogens with zero attached hydrogens (tertiary/aromatic N) is 3. The summed E-state index contributed by atoms with van der Waals surface area (Å²) in [6.45, 7) is 11.6. The van der Waals surface area contributed by atoms with E-state index in [1.165, 1.54) is 64.7 Å². The van der Waals surface area contributed by atoms with Crippen LogP contribution in [0.5, 0.6) is 0 Å². The van der Waals surface area contributed by atoms with Crippen LogP contribution in [0.25, 0.3) is 16.6 Å². The van der Waals surface area contributed by atoms with E-state index in [4.69, 9.17) is 33.7 Å². The van der Waals surface area contributed by atoms with Gasteiger partial charge in [0.2, 0.25) is 31.3 Å². The van der Waals surface area contributed by atoms with Crippen LogP contribution >= 0.6 is 7.60 Å². The van der Waals surface area contributed by atoms with Gasteiger partial charge in [0.05, 0.1) is 58.8 Å². The second-order valence-electron chi connectivity index (χ2n) is 27.3. The van der Waals surface area contributed by atoms with Crippen LogP contribution in [0.3, 0.4) is 0 Å². The largest absolute Gasteiger partial charge is 0.438 e. The molecule has 96 heavy (non-hydrogen) atoms. The molecule has 5 aromatic rings. The number of alkyl halides is 2. The third-order valence-corrected chi connectivity index (χ3v) is 19.6. The highest BCUT2D eigenvalue weighted by Gasteiger charge is 2.56. The predicted molar refractivity (Wildman–Crippen MR) is 355 cm³/mol. The average Bonchev–Trinajstić information content (AvgIpc) is 1.56. The standard InChI is InChI=1S/C72H90F2N5O16P/c1-45(49-28-30-54(31-29-49)72(73,74)96(89,94-43-92-67(86)70(3,4)5)95-44-93-68(87)71(6,7)8)38-56(81)39-53-27-26-51-18-13-20-52-40-60(79(63(51)52)66(53)85)65(84)76-57(33-35-62(75)83)46(2)91-42-48-24-22-47(23-25-48)16-15-37-90-36-12-10-11-17-50-19-14-21-59-64(50)77(9)69(88)78(59)58-34-32-55(80)41-61(58)82/h13-14,18-25,28-31,38,46,53,57-58,60H,10-12,15-17,26-27,32-37,39-44H2,1-9H3,(H2,75,83)(H,76,84)/b45-38+/t46-,53-,57+,58?,60+/m1/s1. The third kappa shape index (κ3) is 18.2. The van der Waals surface area contributed by atoms with E-state index in [1.807, 2.05) is 60.7 Å². The molecule has 1 saturated carbocycles. The number of fused-ring (bicyclic) bond motifs is 1. The Morgan fingerprint density at radius 1 is 0.771 bits per heavy atom. The van der Waals surface area contributed by atoms with Crippen LogP contribution in [-0.4, -0.2) is 101 Å². The number of para-hydroxylation sites is 2. The molecule has 24 heteroatoms. The minimum atomic E-state index is -5.59. The van der Waals surface area contributed by atoms with Crippen molar-refractivity contribution in [1.82, 2.24) is 14.5 Å². The molecule has 1 unspecified atom stereocenters. The second-order valence-corrected chi connectivity index (χ2v) is 29.3. The first-order chi connectivity index (χ1) is 45.4. The van der Waals surface area contributed by atoms with Crippen molar-refractivity contribution < 1.29 is 79.7 Å². The molecule has 0 saturated heterocycles. The van der Waals surface area contributed by atoms with Crippen molar-refractivity contribution in [3.8, 4) is 0 Å². The van der Waals surface area contributed by atoms with Crippen LogP contribution in [0.2, 0.25) is 0 Å². The molecule has 1 aliphatic carbocycles. The molecule has 21 nitrogen and oxygen atoms in total. The van der Waals surface area contributed by atoms with E-state index in [2.05, 4.69) is 5.32 Å². The Kier molecular flexibility index (Phi) is 24.7. The van der Waals surface area contributed by atoms with Crippen LogP contribution < -0.4 is 21.6 Å². The third-order valence-electron chi connectivity index (χ3n) is 17.8. The quantitative estimate of drug-likeness (QED) is 0.0101. The van der Waals surface area contributed by atoms with Crippen molar-refractivity contribution in [3.63, 3.8) is 0 Å². The fraction of sp³-hybridized carbons (Fsp3) is 0.514. The van der Waals surface area contributed by atoms with E-state index in [9.17, 15) is 47.7 Å². The summed E-state index contributed by atoms with van der Waals surface area (Å²) in [4.78, 5) is 120. The number of primary amides is 1. The SMILES string of the molecule is C/C(=C\C(=O)C[C@H]1CCc2cccc3c2N(C1=O)[C@H](C(=O)N[C@@H](CCC(N)=O)[C@@H](C)OCc1ccc(CCCOCCCCCc2cccc4c2n(C)c(=O)n4C2CCC(=O)CC2=O)cc1)C3)c1ccc(C(F)(F)P(=O)(OCOC(=O)C(C)(C)C)OCOC(=O)C(C)(C)C)cc1. The zero-order valence-electron chi connectivity index (χ0n) is 56.3. The average molecular weight is 1350 g/mol. The van der Waals surface area contributed by atoms with Crippen molar-refractivity contribution in [3.05, 3.63) is 140 Å². The maximum absolute atomic E-state index is 16.3. The molecule has 3 amide bonds. The van der Waals surface area contributed by atoms with E-state index in [1.54, 1.807) is 30.0 Å². The second kappa shape index (κ2) is 32.0. The summed E-state index contributed by atoms with van der Waals surface area (Å²) in [5, 5.41) is 3.08. The number of amides is 3. The lowest BCUT2D eigenvalue weighted by Crippen LogP contribution is -2.54. The van der Waals surface area contributed by atoms with Crippen LogP contribution in [0.15, 0.2) is 95.8 Å². The fourth-order valence-corrected chi connectivity index (χ4v) is 13.5. The van der Waals surface area contributed by atoms with E-state index >= 15 is 8.78 Å². The van der Waals surface area contributed by atoms with Gasteiger partial charge >= 0.3 is 30.9 Å². The highest BCUT2D eigenvalue weighted by Crippen LogP contribution is 2.67. The number of ketones is 3. The molecule has 3 heterocycles. The summed E-state index contributed by atoms with van der Waals surface area (Å²) in [6.07, 6.45) is 7.18. The first-order valence-corrected chi connectivity index (χ1v) is 34.4. The van der Waals surface area contributed by atoms with Gasteiger partial charge in [0.1, 0.15) is 11.8 Å². The lowest BCUT2D eigenvalue weighted by molar-refractivity contribution is -0.163. The highest BCUT2D eigenvalue weighted by molar-refractivity contribution is 7.54. The summed E-state index contributed by atoms with van der Waals surface area (Å²) in [5.74, 6) is -4.67.